The number of carbonyl (C=O) groups excluding carboxylic acids is 1. The van der Waals surface area contributed by atoms with Gasteiger partial charge in [0.1, 0.15) is 0 Å². The molecule has 1 unspecified atom stereocenters. The van der Waals surface area contributed by atoms with Crippen LogP contribution in [0.2, 0.25) is 0 Å². The predicted molar refractivity (Wildman–Crippen MR) is 123 cm³/mol. The van der Waals surface area contributed by atoms with Crippen LogP contribution in [0.4, 0.5) is 0 Å². The van der Waals surface area contributed by atoms with E-state index in [0.29, 0.717) is 6.04 Å². The van der Waals surface area contributed by atoms with Gasteiger partial charge in [0.05, 0.1) is 0 Å². The maximum atomic E-state index is 11.4. The van der Waals surface area contributed by atoms with Gasteiger partial charge in [-0.3, -0.25) is 9.69 Å². The Kier molecular flexibility index (Phi) is 6.73. The number of rotatable bonds is 8. The van der Waals surface area contributed by atoms with Crippen LogP contribution in [0.1, 0.15) is 39.5 Å². The van der Waals surface area contributed by atoms with Crippen molar-refractivity contribution in [1.29, 1.82) is 0 Å². The van der Waals surface area contributed by atoms with E-state index in [4.69, 9.17) is 0 Å². The normalized spacial score (nSPS) is 16.2. The minimum absolute atomic E-state index is 0.115. The number of carbonyl (C=O) groups is 1. The minimum atomic E-state index is 0.115. The molecule has 0 aliphatic carbocycles. The van der Waals surface area contributed by atoms with Crippen LogP contribution in [0.15, 0.2) is 78.9 Å². The molecule has 3 nitrogen and oxygen atoms in total. The highest BCUT2D eigenvalue weighted by Crippen LogP contribution is 2.25. The van der Waals surface area contributed by atoms with E-state index in [1.165, 1.54) is 22.3 Å². The zero-order valence-corrected chi connectivity index (χ0v) is 17.7. The Labute approximate surface area is 179 Å². The zero-order valence-electron chi connectivity index (χ0n) is 17.7. The molecule has 0 spiro atoms. The third-order valence-electron chi connectivity index (χ3n) is 6.04. The molecule has 3 heteroatoms. The van der Waals surface area contributed by atoms with Crippen molar-refractivity contribution in [2.45, 2.75) is 38.9 Å². The second kappa shape index (κ2) is 9.84. The third kappa shape index (κ3) is 5.24. The molecule has 3 aromatic carbocycles. The lowest BCUT2D eigenvalue weighted by Gasteiger charge is -2.37. The lowest BCUT2D eigenvalue weighted by atomic mass is 9.90. The molecule has 0 fully saturated rings. The van der Waals surface area contributed by atoms with Crippen LogP contribution in [0.25, 0.3) is 0 Å². The maximum Gasteiger partial charge on any atom is 0.159 e. The molecule has 154 valence electrons. The van der Waals surface area contributed by atoms with Crippen molar-refractivity contribution in [3.05, 3.63) is 107 Å². The van der Waals surface area contributed by atoms with Crippen molar-refractivity contribution in [1.82, 2.24) is 10.2 Å². The lowest BCUT2D eigenvalue weighted by molar-refractivity contribution is 0.101. The second-order valence-electron chi connectivity index (χ2n) is 8.22. The van der Waals surface area contributed by atoms with Crippen LogP contribution in [0, 0.1) is 0 Å². The van der Waals surface area contributed by atoms with Crippen LogP contribution < -0.4 is 5.32 Å². The average molecular weight is 399 g/mol. The third-order valence-corrected chi connectivity index (χ3v) is 6.04. The Morgan fingerprint density at radius 1 is 0.900 bits per heavy atom. The molecule has 0 amide bonds. The van der Waals surface area contributed by atoms with E-state index in [0.717, 1.165) is 44.6 Å². The Morgan fingerprint density at radius 2 is 1.60 bits per heavy atom. The number of nitrogens with zero attached hydrogens (tertiary/aromatic N) is 1. The van der Waals surface area contributed by atoms with Gasteiger partial charge in [0, 0.05) is 37.8 Å². The van der Waals surface area contributed by atoms with Gasteiger partial charge < -0.3 is 5.32 Å². The number of hydrogen-bond acceptors (Lipinski definition) is 3. The smallest absolute Gasteiger partial charge is 0.159 e. The van der Waals surface area contributed by atoms with E-state index in [2.05, 4.69) is 64.8 Å². The summed E-state index contributed by atoms with van der Waals surface area (Å²) in [5, 5.41) is 3.58. The summed E-state index contributed by atoms with van der Waals surface area (Å²) in [7, 11) is 0. The fraction of sp³-hybridized carbons (Fsp3) is 0.296. The summed E-state index contributed by atoms with van der Waals surface area (Å²) in [6.45, 7) is 5.42. The van der Waals surface area contributed by atoms with Crippen molar-refractivity contribution in [2.24, 2.45) is 0 Å². The van der Waals surface area contributed by atoms with Gasteiger partial charge in [0.2, 0.25) is 0 Å². The molecule has 0 bridgehead atoms. The van der Waals surface area contributed by atoms with Gasteiger partial charge in [0.15, 0.2) is 5.78 Å². The molecule has 1 aliphatic rings. The van der Waals surface area contributed by atoms with Crippen LogP contribution in [-0.2, 0) is 25.9 Å². The fourth-order valence-electron chi connectivity index (χ4n) is 4.30. The molecule has 0 aromatic heterocycles. The first-order valence-corrected chi connectivity index (χ1v) is 10.8. The van der Waals surface area contributed by atoms with Gasteiger partial charge in [-0.2, -0.15) is 0 Å². The minimum Gasteiger partial charge on any atom is -0.311 e. The summed E-state index contributed by atoms with van der Waals surface area (Å²) in [4.78, 5) is 14.0. The number of benzene rings is 3. The van der Waals surface area contributed by atoms with E-state index in [-0.39, 0.29) is 5.78 Å². The van der Waals surface area contributed by atoms with Crippen molar-refractivity contribution in [3.8, 4) is 0 Å². The molecule has 0 saturated carbocycles. The van der Waals surface area contributed by atoms with E-state index in [1.807, 2.05) is 24.3 Å². The van der Waals surface area contributed by atoms with Crippen molar-refractivity contribution >= 4 is 5.78 Å². The summed E-state index contributed by atoms with van der Waals surface area (Å²) in [6.07, 6.45) is 2.19. The largest absolute Gasteiger partial charge is 0.311 e. The summed E-state index contributed by atoms with van der Waals surface area (Å²) >= 11 is 0. The quantitative estimate of drug-likeness (QED) is 0.443. The number of fused-ring (bicyclic) bond motifs is 1. The van der Waals surface area contributed by atoms with Gasteiger partial charge in [-0.05, 0) is 42.0 Å². The maximum absolute atomic E-state index is 11.4. The van der Waals surface area contributed by atoms with E-state index in [9.17, 15) is 4.79 Å². The molecule has 0 saturated heterocycles. The van der Waals surface area contributed by atoms with Gasteiger partial charge in [-0.15, -0.1) is 0 Å². The Bertz CT molecular complexity index is 966. The molecule has 1 aliphatic heterocycles. The summed E-state index contributed by atoms with van der Waals surface area (Å²) in [6, 6.07) is 28.1. The Balaban J connectivity index is 1.36. The van der Waals surface area contributed by atoms with Gasteiger partial charge in [-0.1, -0.05) is 78.9 Å². The van der Waals surface area contributed by atoms with Crippen molar-refractivity contribution in [2.75, 3.05) is 13.1 Å². The highest BCUT2D eigenvalue weighted by molar-refractivity contribution is 5.93. The first-order chi connectivity index (χ1) is 14.7. The first-order valence-electron chi connectivity index (χ1n) is 10.8. The van der Waals surface area contributed by atoms with Crippen LogP contribution >= 0.6 is 0 Å². The molecular formula is C27H30N2O. The molecular weight excluding hydrogens is 368 g/mol. The number of ketones is 1. The predicted octanol–water partition coefficient (Wildman–Crippen LogP) is 4.65. The Morgan fingerprint density at radius 3 is 2.33 bits per heavy atom. The average Bonchev–Trinajstić information content (AvgIpc) is 2.78. The molecule has 3 aromatic rings. The van der Waals surface area contributed by atoms with Crippen LogP contribution in [0.3, 0.4) is 0 Å². The summed E-state index contributed by atoms with van der Waals surface area (Å²) in [5.74, 6) is 0.115. The highest BCUT2D eigenvalue weighted by Gasteiger charge is 2.25. The van der Waals surface area contributed by atoms with Crippen molar-refractivity contribution in [3.63, 3.8) is 0 Å². The number of nitrogens with one attached hydrogen (secondary N) is 1. The lowest BCUT2D eigenvalue weighted by Crippen LogP contribution is -2.44. The molecule has 0 radical (unpaired) electrons. The molecule has 30 heavy (non-hydrogen) atoms. The van der Waals surface area contributed by atoms with Gasteiger partial charge in [0.25, 0.3) is 0 Å². The molecule has 1 heterocycles. The van der Waals surface area contributed by atoms with Crippen molar-refractivity contribution < 1.29 is 4.79 Å². The second-order valence-corrected chi connectivity index (χ2v) is 8.22. The SMILES string of the molecule is CC(=O)c1ccc(CNCCN2Cc3ccccc3CC2Cc2ccccc2)cc1. The first kappa shape index (κ1) is 20.5. The van der Waals surface area contributed by atoms with Gasteiger partial charge in [-0.25, -0.2) is 0 Å². The molecule has 1 atom stereocenters. The standard InChI is InChI=1S/C27H30N2O/c1-21(30)24-13-11-23(12-14-24)19-28-15-16-29-20-26-10-6-5-9-25(26)18-27(29)17-22-7-3-2-4-8-22/h2-14,27-28H,15-20H2,1H3. The van der Waals surface area contributed by atoms with E-state index >= 15 is 0 Å². The number of hydrogen-bond donors (Lipinski definition) is 1. The monoisotopic (exact) mass is 398 g/mol. The summed E-state index contributed by atoms with van der Waals surface area (Å²) in [5.41, 5.74) is 6.35. The van der Waals surface area contributed by atoms with E-state index < -0.39 is 0 Å². The van der Waals surface area contributed by atoms with E-state index in [1.54, 1.807) is 6.92 Å². The van der Waals surface area contributed by atoms with Gasteiger partial charge >= 0.3 is 0 Å². The Hall–Kier alpha value is -2.75. The van der Waals surface area contributed by atoms with Crippen LogP contribution in [-0.4, -0.2) is 29.8 Å². The topological polar surface area (TPSA) is 32.3 Å². The van der Waals surface area contributed by atoms with Crippen LogP contribution in [0.5, 0.6) is 0 Å². The number of Topliss-reactive ketones (excluding diaryl/α,β-unsaturated/α-hetero) is 1. The zero-order chi connectivity index (χ0) is 20.8. The summed E-state index contributed by atoms with van der Waals surface area (Å²) < 4.78 is 0. The highest BCUT2D eigenvalue weighted by atomic mass is 16.1. The molecule has 1 N–H and O–H groups in total. The fourth-order valence-corrected chi connectivity index (χ4v) is 4.30. The molecule has 4 rings (SSSR count).